The van der Waals surface area contributed by atoms with Gasteiger partial charge in [0.05, 0.1) is 12.1 Å². The molecular formula is C22H25N9O3S2. The normalized spacial score (nSPS) is 10.9. The molecular weight excluding hydrogens is 502 g/mol. The van der Waals surface area contributed by atoms with Crippen LogP contribution in [0.5, 0.6) is 0 Å². The summed E-state index contributed by atoms with van der Waals surface area (Å²) in [6.07, 6.45) is 5.58. The second-order valence-corrected chi connectivity index (χ2v) is 9.97. The lowest BCUT2D eigenvalue weighted by molar-refractivity contribution is -0.117. The third-order valence-corrected chi connectivity index (χ3v) is 6.72. The summed E-state index contributed by atoms with van der Waals surface area (Å²) in [5.41, 5.74) is 1.57. The lowest BCUT2D eigenvalue weighted by Gasteiger charge is -2.00. The number of nitrogens with zero attached hydrogens (tertiary/aromatic N) is 7. The van der Waals surface area contributed by atoms with Crippen LogP contribution >= 0.6 is 22.7 Å². The van der Waals surface area contributed by atoms with E-state index in [9.17, 15) is 9.59 Å². The summed E-state index contributed by atoms with van der Waals surface area (Å²) in [5, 5.41) is 41.2. The van der Waals surface area contributed by atoms with Crippen molar-refractivity contribution in [3.63, 3.8) is 0 Å². The molecule has 0 saturated heterocycles. The highest BCUT2D eigenvalue weighted by Crippen LogP contribution is 2.20. The van der Waals surface area contributed by atoms with Gasteiger partial charge in [0.2, 0.25) is 22.1 Å². The van der Waals surface area contributed by atoms with Crippen molar-refractivity contribution >= 4 is 44.8 Å². The van der Waals surface area contributed by atoms with E-state index in [1.165, 1.54) is 27.4 Å². The van der Waals surface area contributed by atoms with Gasteiger partial charge in [-0.2, -0.15) is 0 Å². The monoisotopic (exact) mass is 527 g/mol. The third kappa shape index (κ3) is 7.96. The minimum atomic E-state index is -0.277. The fourth-order valence-corrected chi connectivity index (χ4v) is 4.85. The molecule has 0 unspecified atom stereocenters. The zero-order valence-electron chi connectivity index (χ0n) is 19.3. The van der Waals surface area contributed by atoms with Crippen LogP contribution in [0.4, 0.5) is 10.3 Å². The van der Waals surface area contributed by atoms with Crippen molar-refractivity contribution in [2.24, 2.45) is 0 Å². The molecule has 0 aliphatic rings. The summed E-state index contributed by atoms with van der Waals surface area (Å²) in [5.74, 6) is -0.392. The maximum atomic E-state index is 12.2. The van der Waals surface area contributed by atoms with Crippen molar-refractivity contribution in [3.05, 3.63) is 57.8 Å². The van der Waals surface area contributed by atoms with Crippen LogP contribution in [-0.4, -0.2) is 58.9 Å². The highest BCUT2D eigenvalue weighted by atomic mass is 32.1. The van der Waals surface area contributed by atoms with Gasteiger partial charge in [-0.15, -0.1) is 25.5 Å². The Morgan fingerprint density at radius 3 is 2.11 bits per heavy atom. The van der Waals surface area contributed by atoms with E-state index in [1.54, 1.807) is 6.20 Å². The van der Waals surface area contributed by atoms with Crippen LogP contribution in [0.3, 0.4) is 0 Å². The van der Waals surface area contributed by atoms with Gasteiger partial charge in [-0.1, -0.05) is 58.2 Å². The van der Waals surface area contributed by atoms with Gasteiger partial charge in [-0.3, -0.25) is 14.9 Å². The summed E-state index contributed by atoms with van der Waals surface area (Å²) in [7, 11) is 0. The van der Waals surface area contributed by atoms with Gasteiger partial charge in [0.15, 0.2) is 0 Å². The molecule has 0 bridgehead atoms. The van der Waals surface area contributed by atoms with Crippen LogP contribution in [0.25, 0.3) is 0 Å². The smallest absolute Gasteiger partial charge is 0.247 e. The molecule has 3 heterocycles. The zero-order valence-corrected chi connectivity index (χ0v) is 21.0. The van der Waals surface area contributed by atoms with Crippen LogP contribution in [0.2, 0.25) is 0 Å². The highest BCUT2D eigenvalue weighted by Gasteiger charge is 2.12. The lowest BCUT2D eigenvalue weighted by atomic mass is 10.1. The van der Waals surface area contributed by atoms with Gasteiger partial charge in [0.1, 0.15) is 16.6 Å². The molecule has 0 atom stereocenters. The molecule has 3 aromatic heterocycles. The van der Waals surface area contributed by atoms with Gasteiger partial charge < -0.3 is 10.4 Å². The van der Waals surface area contributed by atoms with Crippen molar-refractivity contribution in [1.82, 2.24) is 35.4 Å². The summed E-state index contributed by atoms with van der Waals surface area (Å²) in [6.45, 7) is -0.0164. The Balaban J connectivity index is 1.14. The van der Waals surface area contributed by atoms with Gasteiger partial charge in [-0.25, -0.2) is 4.68 Å². The fourth-order valence-electron chi connectivity index (χ4n) is 3.26. The molecule has 14 heteroatoms. The summed E-state index contributed by atoms with van der Waals surface area (Å²) < 4.78 is 1.41. The minimum Gasteiger partial charge on any atom is -0.396 e. The number of aliphatic hydroxyl groups excluding tert-OH is 1. The molecule has 4 aromatic rings. The number of carbonyl (C=O) groups excluding carboxylic acids is 2. The van der Waals surface area contributed by atoms with Crippen LogP contribution in [0.15, 0.2) is 36.5 Å². The quantitative estimate of drug-likeness (QED) is 0.221. The molecule has 0 fully saturated rings. The largest absolute Gasteiger partial charge is 0.396 e. The first kappa shape index (κ1) is 25.5. The number of amides is 2. The van der Waals surface area contributed by atoms with E-state index in [-0.39, 0.29) is 25.0 Å². The van der Waals surface area contributed by atoms with E-state index >= 15 is 0 Å². The number of anilines is 2. The SMILES string of the molecule is O=C(Cc1ccccc1)Nc1nnc(CCCCc2nnc(NC(=O)Cn3cc(CCO)nn3)s2)s1. The number of carbonyl (C=O) groups is 2. The van der Waals surface area contributed by atoms with Crippen molar-refractivity contribution < 1.29 is 14.7 Å². The zero-order chi connectivity index (χ0) is 25.2. The highest BCUT2D eigenvalue weighted by molar-refractivity contribution is 7.15. The number of benzene rings is 1. The molecule has 1 aromatic carbocycles. The second kappa shape index (κ2) is 12.9. The minimum absolute atomic E-state index is 0.00386. The van der Waals surface area contributed by atoms with Crippen molar-refractivity contribution in [2.45, 2.75) is 45.1 Å². The van der Waals surface area contributed by atoms with Gasteiger partial charge >= 0.3 is 0 Å². The molecule has 36 heavy (non-hydrogen) atoms. The number of aryl methyl sites for hydroxylation is 2. The predicted molar refractivity (Wildman–Crippen MR) is 135 cm³/mol. The van der Waals surface area contributed by atoms with Gasteiger partial charge in [0.25, 0.3) is 0 Å². The maximum Gasteiger partial charge on any atom is 0.247 e. The molecule has 0 radical (unpaired) electrons. The molecule has 12 nitrogen and oxygen atoms in total. The van der Waals surface area contributed by atoms with Crippen molar-refractivity contribution in [1.29, 1.82) is 0 Å². The van der Waals surface area contributed by atoms with E-state index in [4.69, 9.17) is 5.11 Å². The molecule has 0 spiro atoms. The molecule has 0 aliphatic carbocycles. The van der Waals surface area contributed by atoms with Crippen molar-refractivity contribution in [2.75, 3.05) is 17.2 Å². The maximum absolute atomic E-state index is 12.2. The Kier molecular flexibility index (Phi) is 9.13. The predicted octanol–water partition coefficient (Wildman–Crippen LogP) is 1.90. The Morgan fingerprint density at radius 1 is 0.833 bits per heavy atom. The average molecular weight is 528 g/mol. The summed E-state index contributed by atoms with van der Waals surface area (Å²) >= 11 is 2.72. The first-order chi connectivity index (χ1) is 17.6. The van der Waals surface area contributed by atoms with Crippen LogP contribution in [0.1, 0.15) is 34.1 Å². The Bertz CT molecular complexity index is 1270. The summed E-state index contributed by atoms with van der Waals surface area (Å²) in [4.78, 5) is 24.4. The van der Waals surface area contributed by atoms with E-state index in [0.717, 1.165) is 41.3 Å². The number of unbranched alkanes of at least 4 members (excludes halogenated alkanes) is 1. The Hall–Kier alpha value is -3.62. The van der Waals surface area contributed by atoms with Crippen LogP contribution in [-0.2, 0) is 41.8 Å². The molecule has 4 rings (SSSR count). The van der Waals surface area contributed by atoms with E-state index in [0.29, 0.717) is 28.8 Å². The van der Waals surface area contributed by atoms with E-state index < -0.39 is 0 Å². The molecule has 0 aliphatic heterocycles. The van der Waals surface area contributed by atoms with Gasteiger partial charge in [0, 0.05) is 32.1 Å². The number of hydrogen-bond donors (Lipinski definition) is 3. The molecule has 188 valence electrons. The van der Waals surface area contributed by atoms with Crippen molar-refractivity contribution in [3.8, 4) is 0 Å². The van der Waals surface area contributed by atoms with E-state index in [1.807, 2.05) is 30.3 Å². The second-order valence-electron chi connectivity index (χ2n) is 7.85. The molecule has 3 N–H and O–H groups in total. The Morgan fingerprint density at radius 2 is 1.47 bits per heavy atom. The van der Waals surface area contributed by atoms with E-state index in [2.05, 4.69) is 41.3 Å². The average Bonchev–Trinajstić information content (AvgIpc) is 3.60. The summed E-state index contributed by atoms with van der Waals surface area (Å²) in [6, 6.07) is 9.55. The topological polar surface area (TPSA) is 161 Å². The number of aliphatic hydroxyl groups is 1. The number of aromatic nitrogens is 7. The first-order valence-corrected chi connectivity index (χ1v) is 13.0. The number of nitrogens with one attached hydrogen (secondary N) is 2. The first-order valence-electron chi connectivity index (χ1n) is 11.4. The lowest BCUT2D eigenvalue weighted by Crippen LogP contribution is -2.19. The molecule has 0 saturated carbocycles. The third-order valence-electron chi connectivity index (χ3n) is 4.92. The Labute approximate surface area is 214 Å². The van der Waals surface area contributed by atoms with Crippen LogP contribution in [0, 0.1) is 0 Å². The van der Waals surface area contributed by atoms with Crippen LogP contribution < -0.4 is 10.6 Å². The van der Waals surface area contributed by atoms with Gasteiger partial charge in [-0.05, 0) is 18.4 Å². The standard InChI is InChI=1S/C22H25N9O3S2/c32-11-10-16-13-31(30-25-16)14-18(34)24-22-29-27-20(36-22)9-5-4-8-19-26-28-21(35-19)23-17(33)12-15-6-2-1-3-7-15/h1-3,6-7,13,32H,4-5,8-12,14H2,(H,23,28,33)(H,24,29,34). The molecule has 2 amide bonds. The number of rotatable bonds is 13. The fraction of sp³-hybridized carbons (Fsp3) is 0.364. The number of hydrogen-bond acceptors (Lipinski definition) is 11.